The first-order chi connectivity index (χ1) is 22.6. The lowest BCUT2D eigenvalue weighted by Crippen LogP contribution is -2.38. The zero-order valence-electron chi connectivity index (χ0n) is 26.2. The quantitative estimate of drug-likeness (QED) is 0.0956. The zero-order valence-corrected chi connectivity index (χ0v) is 26.2. The predicted molar refractivity (Wildman–Crippen MR) is 179 cm³/mol. The third kappa shape index (κ3) is 7.79. The maximum Gasteiger partial charge on any atom is 0.343 e. The SMILES string of the molecule is CC/C(=C(/c1ccc(OCC(O)CNC2CCCCC2)cc1)c1ccc(OC(=O)c2ccccc2)cc1)c1ccc2c(c1)OCO2. The van der Waals surface area contributed by atoms with Gasteiger partial charge in [-0.25, -0.2) is 4.79 Å². The monoisotopic (exact) mass is 619 g/mol. The highest BCUT2D eigenvalue weighted by Gasteiger charge is 2.19. The average molecular weight is 620 g/mol. The van der Waals surface area contributed by atoms with Crippen LogP contribution in [0, 0.1) is 0 Å². The Kier molecular flexibility index (Phi) is 10.3. The van der Waals surface area contributed by atoms with Gasteiger partial charge in [0.25, 0.3) is 0 Å². The standard InChI is InChI=1S/C39H41NO6/c1-2-35(30-17-22-36-37(23-30)45-26-44-36)38(28-15-20-34(21-16-28)46-39(42)29-9-5-3-6-10-29)27-13-18-33(19-14-27)43-25-32(41)24-40-31-11-7-4-8-12-31/h3,5-6,9-10,13-23,31-32,40-41H,2,4,7-8,11-12,24-26H2,1H3/b38-35+. The predicted octanol–water partition coefficient (Wildman–Crippen LogP) is 7.67. The van der Waals surface area contributed by atoms with Gasteiger partial charge in [-0.3, -0.25) is 0 Å². The fourth-order valence-electron chi connectivity index (χ4n) is 6.13. The van der Waals surface area contributed by atoms with E-state index in [1.54, 1.807) is 12.1 Å². The van der Waals surface area contributed by atoms with Crippen molar-refractivity contribution in [3.63, 3.8) is 0 Å². The van der Waals surface area contributed by atoms with E-state index in [-0.39, 0.29) is 13.4 Å². The second-order valence-corrected chi connectivity index (χ2v) is 11.8. The minimum atomic E-state index is -0.579. The highest BCUT2D eigenvalue weighted by atomic mass is 16.7. The van der Waals surface area contributed by atoms with Gasteiger partial charge in [0.1, 0.15) is 24.2 Å². The molecule has 1 aliphatic heterocycles. The first kappa shape index (κ1) is 31.4. The van der Waals surface area contributed by atoms with Gasteiger partial charge in [0.15, 0.2) is 11.5 Å². The number of allylic oxidation sites excluding steroid dienone is 1. The van der Waals surface area contributed by atoms with E-state index in [1.165, 1.54) is 32.1 Å². The Morgan fingerprint density at radius 1 is 0.804 bits per heavy atom. The van der Waals surface area contributed by atoms with Crippen molar-refractivity contribution in [1.82, 2.24) is 5.32 Å². The summed E-state index contributed by atoms with van der Waals surface area (Å²) in [6, 6.07) is 31.1. The van der Waals surface area contributed by atoms with Crippen molar-refractivity contribution in [3.05, 3.63) is 119 Å². The molecular formula is C39H41NO6. The molecule has 0 bridgehead atoms. The zero-order chi connectivity index (χ0) is 31.7. The summed E-state index contributed by atoms with van der Waals surface area (Å²) in [5.74, 6) is 2.24. The first-order valence-electron chi connectivity index (χ1n) is 16.2. The second-order valence-electron chi connectivity index (χ2n) is 11.8. The lowest BCUT2D eigenvalue weighted by molar-refractivity contribution is 0.0734. The topological polar surface area (TPSA) is 86.2 Å². The minimum Gasteiger partial charge on any atom is -0.491 e. The lowest BCUT2D eigenvalue weighted by atomic mass is 9.88. The van der Waals surface area contributed by atoms with E-state index < -0.39 is 12.1 Å². The largest absolute Gasteiger partial charge is 0.491 e. The van der Waals surface area contributed by atoms with Gasteiger partial charge >= 0.3 is 5.97 Å². The van der Waals surface area contributed by atoms with Crippen LogP contribution in [0.15, 0.2) is 97.1 Å². The van der Waals surface area contributed by atoms with Crippen LogP contribution in [-0.2, 0) is 0 Å². The summed E-state index contributed by atoms with van der Waals surface area (Å²) in [5, 5.41) is 14.0. The minimum absolute atomic E-state index is 0.215. The summed E-state index contributed by atoms with van der Waals surface area (Å²) < 4.78 is 22.9. The number of carbonyl (C=O) groups is 1. The molecular weight excluding hydrogens is 578 g/mol. The Hall–Kier alpha value is -4.59. The number of fused-ring (bicyclic) bond motifs is 1. The van der Waals surface area contributed by atoms with Crippen LogP contribution in [-0.4, -0.2) is 43.2 Å². The van der Waals surface area contributed by atoms with E-state index in [0.29, 0.717) is 29.6 Å². The fourth-order valence-corrected chi connectivity index (χ4v) is 6.13. The summed E-state index contributed by atoms with van der Waals surface area (Å²) in [6.07, 6.45) is 6.36. The maximum atomic E-state index is 12.6. The molecule has 1 fully saturated rings. The van der Waals surface area contributed by atoms with E-state index in [2.05, 4.69) is 18.3 Å². The Labute approximate surface area is 270 Å². The normalized spacial score (nSPS) is 15.6. The number of carbonyl (C=O) groups excluding carboxylic acids is 1. The number of benzene rings is 4. The molecule has 1 heterocycles. The molecule has 0 amide bonds. The average Bonchev–Trinajstić information content (AvgIpc) is 3.58. The van der Waals surface area contributed by atoms with Crippen molar-refractivity contribution in [2.45, 2.75) is 57.6 Å². The highest BCUT2D eigenvalue weighted by Crippen LogP contribution is 2.40. The number of ether oxygens (including phenoxy) is 4. The number of hydrogen-bond acceptors (Lipinski definition) is 7. The number of aliphatic hydroxyl groups is 1. The van der Waals surface area contributed by atoms with E-state index in [4.69, 9.17) is 18.9 Å². The Balaban J connectivity index is 1.23. The van der Waals surface area contributed by atoms with E-state index in [0.717, 1.165) is 45.8 Å². The molecule has 0 aromatic heterocycles. The molecule has 1 atom stereocenters. The smallest absolute Gasteiger partial charge is 0.343 e. The van der Waals surface area contributed by atoms with E-state index >= 15 is 0 Å². The molecule has 2 aliphatic rings. The van der Waals surface area contributed by atoms with Crippen molar-refractivity contribution < 1.29 is 28.8 Å². The first-order valence-corrected chi connectivity index (χ1v) is 16.2. The van der Waals surface area contributed by atoms with Crippen molar-refractivity contribution in [2.24, 2.45) is 0 Å². The van der Waals surface area contributed by atoms with Gasteiger partial charge in [-0.1, -0.05) is 74.7 Å². The number of hydrogen-bond donors (Lipinski definition) is 2. The molecule has 2 N–H and O–H groups in total. The third-order valence-electron chi connectivity index (χ3n) is 8.57. The summed E-state index contributed by atoms with van der Waals surface area (Å²) >= 11 is 0. The van der Waals surface area contributed by atoms with Crippen molar-refractivity contribution in [1.29, 1.82) is 0 Å². The summed E-state index contributed by atoms with van der Waals surface area (Å²) in [5.41, 5.74) is 5.70. The molecule has 238 valence electrons. The van der Waals surface area contributed by atoms with Crippen LogP contribution in [0.5, 0.6) is 23.0 Å². The van der Waals surface area contributed by atoms with Crippen LogP contribution < -0.4 is 24.3 Å². The summed E-state index contributed by atoms with van der Waals surface area (Å²) in [7, 11) is 0. The molecule has 6 rings (SSSR count). The number of aliphatic hydroxyl groups excluding tert-OH is 1. The van der Waals surface area contributed by atoms with Crippen molar-refractivity contribution in [2.75, 3.05) is 19.9 Å². The van der Waals surface area contributed by atoms with Crippen molar-refractivity contribution >= 4 is 17.1 Å². The molecule has 1 aliphatic carbocycles. The van der Waals surface area contributed by atoms with E-state index in [9.17, 15) is 9.90 Å². The Morgan fingerprint density at radius 2 is 1.46 bits per heavy atom. The lowest BCUT2D eigenvalue weighted by Gasteiger charge is -2.24. The van der Waals surface area contributed by atoms with Gasteiger partial charge in [-0.15, -0.1) is 0 Å². The molecule has 1 saturated carbocycles. The maximum absolute atomic E-state index is 12.6. The number of esters is 1. The molecule has 7 heteroatoms. The van der Waals surface area contributed by atoms with Gasteiger partial charge in [0, 0.05) is 12.6 Å². The third-order valence-corrected chi connectivity index (χ3v) is 8.57. The molecule has 1 unspecified atom stereocenters. The second kappa shape index (κ2) is 15.1. The molecule has 4 aromatic rings. The Morgan fingerprint density at radius 3 is 2.15 bits per heavy atom. The molecule has 46 heavy (non-hydrogen) atoms. The van der Waals surface area contributed by atoms with Crippen LogP contribution >= 0.6 is 0 Å². The summed E-state index contributed by atoms with van der Waals surface area (Å²) in [4.78, 5) is 12.6. The highest BCUT2D eigenvalue weighted by molar-refractivity contribution is 5.99. The molecule has 0 spiro atoms. The fraction of sp³-hybridized carbons (Fsp3) is 0.308. The molecule has 4 aromatic carbocycles. The van der Waals surface area contributed by atoms with Crippen molar-refractivity contribution in [3.8, 4) is 23.0 Å². The van der Waals surface area contributed by atoms with Crippen LogP contribution in [0.25, 0.3) is 11.1 Å². The van der Waals surface area contributed by atoms with Gasteiger partial charge in [-0.2, -0.15) is 0 Å². The van der Waals surface area contributed by atoms with Gasteiger partial charge in [0.2, 0.25) is 6.79 Å². The van der Waals surface area contributed by atoms with E-state index in [1.807, 2.05) is 78.9 Å². The van der Waals surface area contributed by atoms with Crippen LogP contribution in [0.1, 0.15) is 72.5 Å². The number of nitrogens with one attached hydrogen (secondary N) is 1. The molecule has 7 nitrogen and oxygen atoms in total. The van der Waals surface area contributed by atoms with Crippen LogP contribution in [0.2, 0.25) is 0 Å². The van der Waals surface area contributed by atoms with Crippen LogP contribution in [0.3, 0.4) is 0 Å². The Bertz CT molecular complexity index is 1630. The van der Waals surface area contributed by atoms with Crippen LogP contribution in [0.4, 0.5) is 0 Å². The molecule has 0 saturated heterocycles. The van der Waals surface area contributed by atoms with Gasteiger partial charge < -0.3 is 29.4 Å². The van der Waals surface area contributed by atoms with Gasteiger partial charge in [-0.05, 0) is 95.6 Å². The summed E-state index contributed by atoms with van der Waals surface area (Å²) in [6.45, 7) is 3.10. The van der Waals surface area contributed by atoms with Gasteiger partial charge in [0.05, 0.1) is 5.56 Å². The number of rotatable bonds is 12. The molecule has 0 radical (unpaired) electrons.